The van der Waals surface area contributed by atoms with Crippen LogP contribution >= 0.6 is 12.2 Å². The average Bonchev–Trinajstić information content (AvgIpc) is 2.05. The molecular weight excluding hydrogens is 184 g/mol. The fraction of sp³-hybridized carbons (Fsp3) is 0.889. The Morgan fingerprint density at radius 2 is 2.08 bits per heavy atom. The minimum absolute atomic E-state index is 0.144. The van der Waals surface area contributed by atoms with Gasteiger partial charge in [0.1, 0.15) is 0 Å². The molecule has 0 aromatic heterocycles. The largest absolute Gasteiger partial charge is 0.392 e. The van der Waals surface area contributed by atoms with Gasteiger partial charge >= 0.3 is 0 Å². The van der Waals surface area contributed by atoms with Gasteiger partial charge < -0.3 is 10.5 Å². The number of hydrogen-bond donors (Lipinski definition) is 1. The van der Waals surface area contributed by atoms with E-state index in [9.17, 15) is 0 Å². The first-order valence-electron chi connectivity index (χ1n) is 4.58. The minimum atomic E-state index is 0.144. The van der Waals surface area contributed by atoms with Crippen LogP contribution in [0.15, 0.2) is 0 Å². The highest BCUT2D eigenvalue weighted by atomic mass is 32.1. The molecule has 0 saturated carbocycles. The number of likely N-dealkylation sites (N-methyl/N-ethyl adjacent to an activating group) is 1. The van der Waals surface area contributed by atoms with Gasteiger partial charge in [-0.15, -0.1) is 0 Å². The quantitative estimate of drug-likeness (QED) is 0.656. The number of rotatable bonds is 6. The Labute approximate surface area is 86.2 Å². The predicted molar refractivity (Wildman–Crippen MR) is 60.0 cm³/mol. The number of methoxy groups -OCH3 is 1. The smallest absolute Gasteiger partial charge is 0.0899 e. The minimum Gasteiger partial charge on any atom is -0.392 e. The summed E-state index contributed by atoms with van der Waals surface area (Å²) in [5.74, 6) is 0. The van der Waals surface area contributed by atoms with E-state index in [1.54, 1.807) is 7.11 Å². The van der Waals surface area contributed by atoms with Gasteiger partial charge in [0.05, 0.1) is 17.6 Å². The molecule has 0 aliphatic carbocycles. The molecule has 13 heavy (non-hydrogen) atoms. The van der Waals surface area contributed by atoms with Crippen molar-refractivity contribution in [1.82, 2.24) is 4.90 Å². The van der Waals surface area contributed by atoms with Gasteiger partial charge in [-0.05, 0) is 20.4 Å². The van der Waals surface area contributed by atoms with Crippen molar-refractivity contribution in [2.45, 2.75) is 32.9 Å². The molecule has 2 atom stereocenters. The molecule has 0 aliphatic heterocycles. The van der Waals surface area contributed by atoms with E-state index in [4.69, 9.17) is 22.7 Å². The fourth-order valence-electron chi connectivity index (χ4n) is 1.47. The Bertz CT molecular complexity index is 164. The predicted octanol–water partition coefficient (Wildman–Crippen LogP) is 1.02. The molecular formula is C9H20N2OS. The molecule has 78 valence electrons. The molecule has 0 rings (SSSR count). The molecule has 2 N–H and O–H groups in total. The molecule has 3 nitrogen and oxygen atoms in total. The summed E-state index contributed by atoms with van der Waals surface area (Å²) in [7, 11) is 1.70. The Balaban J connectivity index is 4.22. The molecule has 0 bridgehead atoms. The maximum atomic E-state index is 5.60. The Morgan fingerprint density at radius 3 is 2.38 bits per heavy atom. The van der Waals surface area contributed by atoms with Crippen molar-refractivity contribution in [3.05, 3.63) is 0 Å². The van der Waals surface area contributed by atoms with Gasteiger partial charge in [0.15, 0.2) is 0 Å². The number of nitrogens with two attached hydrogens (primary N) is 1. The molecule has 0 heterocycles. The monoisotopic (exact) mass is 204 g/mol. The van der Waals surface area contributed by atoms with Crippen LogP contribution in [0.2, 0.25) is 0 Å². The van der Waals surface area contributed by atoms with E-state index in [0.717, 1.165) is 6.54 Å². The van der Waals surface area contributed by atoms with E-state index in [1.807, 2.05) is 6.92 Å². The first-order valence-corrected chi connectivity index (χ1v) is 4.99. The zero-order valence-corrected chi connectivity index (χ0v) is 9.73. The third kappa shape index (κ3) is 4.02. The lowest BCUT2D eigenvalue weighted by Crippen LogP contribution is -2.47. The van der Waals surface area contributed by atoms with Crippen LogP contribution in [0.4, 0.5) is 0 Å². The van der Waals surface area contributed by atoms with Crippen LogP contribution in [-0.2, 0) is 4.74 Å². The second-order valence-corrected chi connectivity index (χ2v) is 3.68. The van der Waals surface area contributed by atoms with Crippen molar-refractivity contribution in [3.63, 3.8) is 0 Å². The second-order valence-electron chi connectivity index (χ2n) is 3.21. The van der Waals surface area contributed by atoms with Crippen LogP contribution < -0.4 is 5.73 Å². The lowest BCUT2D eigenvalue weighted by atomic mass is 10.2. The highest BCUT2D eigenvalue weighted by Gasteiger charge is 2.19. The molecule has 2 unspecified atom stereocenters. The van der Waals surface area contributed by atoms with Crippen molar-refractivity contribution in [2.75, 3.05) is 20.3 Å². The molecule has 0 spiro atoms. The highest BCUT2D eigenvalue weighted by Crippen LogP contribution is 2.05. The van der Waals surface area contributed by atoms with Gasteiger partial charge in [-0.1, -0.05) is 19.1 Å². The summed E-state index contributed by atoms with van der Waals surface area (Å²) >= 11 is 4.96. The van der Waals surface area contributed by atoms with E-state index in [-0.39, 0.29) is 6.04 Å². The van der Waals surface area contributed by atoms with Gasteiger partial charge in [-0.25, -0.2) is 0 Å². The van der Waals surface area contributed by atoms with Crippen molar-refractivity contribution < 1.29 is 4.74 Å². The lowest BCUT2D eigenvalue weighted by molar-refractivity contribution is 0.0949. The van der Waals surface area contributed by atoms with E-state index in [2.05, 4.69) is 18.7 Å². The second kappa shape index (κ2) is 6.29. The van der Waals surface area contributed by atoms with Crippen LogP contribution in [0.25, 0.3) is 0 Å². The van der Waals surface area contributed by atoms with Crippen molar-refractivity contribution >= 4 is 17.2 Å². The third-order valence-corrected chi connectivity index (χ3v) is 2.59. The summed E-state index contributed by atoms with van der Waals surface area (Å²) in [5.41, 5.74) is 5.60. The number of ether oxygens (including phenoxy) is 1. The van der Waals surface area contributed by atoms with Crippen LogP contribution in [0.3, 0.4) is 0 Å². The van der Waals surface area contributed by atoms with E-state index in [1.165, 1.54) is 0 Å². The lowest BCUT2D eigenvalue weighted by Gasteiger charge is -2.32. The SMILES string of the molecule is CCN(C(C)COC)C(C)C(N)=S. The zero-order valence-electron chi connectivity index (χ0n) is 8.91. The van der Waals surface area contributed by atoms with Crippen LogP contribution in [-0.4, -0.2) is 42.2 Å². The summed E-state index contributed by atoms with van der Waals surface area (Å²) in [6.45, 7) is 7.88. The summed E-state index contributed by atoms with van der Waals surface area (Å²) in [4.78, 5) is 2.77. The molecule has 0 saturated heterocycles. The zero-order chi connectivity index (χ0) is 10.4. The van der Waals surface area contributed by atoms with Crippen molar-refractivity contribution in [1.29, 1.82) is 0 Å². The van der Waals surface area contributed by atoms with E-state index < -0.39 is 0 Å². The molecule has 4 heteroatoms. The van der Waals surface area contributed by atoms with Crippen molar-refractivity contribution in [2.24, 2.45) is 5.73 Å². The van der Waals surface area contributed by atoms with E-state index >= 15 is 0 Å². The van der Waals surface area contributed by atoms with Crippen LogP contribution in [0, 0.1) is 0 Å². The standard InChI is InChI=1S/C9H20N2OS/c1-5-11(7(2)6-12-4)8(3)9(10)13/h7-8H,5-6H2,1-4H3,(H2,10,13). The number of thiocarbonyl (C=S) groups is 1. The Kier molecular flexibility index (Phi) is 6.20. The highest BCUT2D eigenvalue weighted by molar-refractivity contribution is 7.80. The van der Waals surface area contributed by atoms with Gasteiger partial charge in [0, 0.05) is 13.2 Å². The van der Waals surface area contributed by atoms with Gasteiger partial charge in [0.2, 0.25) is 0 Å². The normalized spacial score (nSPS) is 15.8. The van der Waals surface area contributed by atoms with Gasteiger partial charge in [0.25, 0.3) is 0 Å². The topological polar surface area (TPSA) is 38.5 Å². The molecule has 0 aromatic carbocycles. The first-order chi connectivity index (χ1) is 6.04. The summed E-state index contributed by atoms with van der Waals surface area (Å²) in [5, 5.41) is 0. The molecule has 0 fully saturated rings. The number of nitrogens with zero attached hydrogens (tertiary/aromatic N) is 1. The van der Waals surface area contributed by atoms with Gasteiger partial charge in [-0.2, -0.15) is 0 Å². The first kappa shape index (κ1) is 12.8. The maximum absolute atomic E-state index is 5.60. The summed E-state index contributed by atoms with van der Waals surface area (Å²) in [6, 6.07) is 0.497. The van der Waals surface area contributed by atoms with Gasteiger partial charge in [-0.3, -0.25) is 4.90 Å². The average molecular weight is 204 g/mol. The van der Waals surface area contributed by atoms with E-state index in [0.29, 0.717) is 17.6 Å². The van der Waals surface area contributed by atoms with Crippen LogP contribution in [0.1, 0.15) is 20.8 Å². The molecule has 0 aliphatic rings. The maximum Gasteiger partial charge on any atom is 0.0899 e. The Hall–Kier alpha value is -0.190. The summed E-state index contributed by atoms with van der Waals surface area (Å²) in [6.07, 6.45) is 0. The fourth-order valence-corrected chi connectivity index (χ4v) is 1.60. The molecule has 0 radical (unpaired) electrons. The molecule has 0 amide bonds. The van der Waals surface area contributed by atoms with Crippen LogP contribution in [0.5, 0.6) is 0 Å². The summed E-state index contributed by atoms with van der Waals surface area (Å²) < 4.78 is 5.09. The third-order valence-electron chi connectivity index (χ3n) is 2.25. The van der Waals surface area contributed by atoms with Crippen molar-refractivity contribution in [3.8, 4) is 0 Å². The number of hydrogen-bond acceptors (Lipinski definition) is 3. The molecule has 0 aromatic rings. The Morgan fingerprint density at radius 1 is 1.54 bits per heavy atom.